The van der Waals surface area contributed by atoms with Crippen LogP contribution in [-0.4, -0.2) is 37.1 Å². The van der Waals surface area contributed by atoms with Gasteiger partial charge in [0.25, 0.3) is 11.8 Å². The number of hydrogen-bond donors (Lipinski definition) is 2. The highest BCUT2D eigenvalue weighted by Gasteiger charge is 2.12. The molecule has 0 aliphatic rings. The van der Waals surface area contributed by atoms with Crippen LogP contribution in [0, 0.1) is 5.82 Å². The van der Waals surface area contributed by atoms with Crippen molar-refractivity contribution in [2.75, 3.05) is 25.6 Å². The van der Waals surface area contributed by atoms with Crippen molar-refractivity contribution in [2.24, 2.45) is 0 Å². The van der Waals surface area contributed by atoms with Gasteiger partial charge in [-0.1, -0.05) is 6.07 Å². The minimum Gasteiger partial charge on any atom is -0.385 e. The van der Waals surface area contributed by atoms with Gasteiger partial charge in [0.15, 0.2) is 0 Å². The number of rotatable bonds is 7. The Morgan fingerprint density at radius 1 is 1.21 bits per heavy atom. The number of methoxy groups -OCH3 is 1. The molecule has 7 heteroatoms. The maximum atomic E-state index is 13.1. The minimum absolute atomic E-state index is 0.138. The second-order valence-corrected chi connectivity index (χ2v) is 5.00. The summed E-state index contributed by atoms with van der Waals surface area (Å²) in [7, 11) is 1.59. The standard InChI is InChI=1S/C17H18FN3O3/c1-24-9-3-7-20-17(23)15-10-12(6-8-19-15)16(22)21-14-5-2-4-13(18)11-14/h2,4-6,8,10-11H,3,7,9H2,1H3,(H,20,23)(H,21,22). The van der Waals surface area contributed by atoms with Crippen LogP contribution in [0.25, 0.3) is 0 Å². The average molecular weight is 331 g/mol. The molecule has 2 N–H and O–H groups in total. The third kappa shape index (κ3) is 5.13. The number of halogens is 1. The summed E-state index contributed by atoms with van der Waals surface area (Å²) < 4.78 is 18.0. The fourth-order valence-corrected chi connectivity index (χ4v) is 1.97. The predicted molar refractivity (Wildman–Crippen MR) is 87.4 cm³/mol. The SMILES string of the molecule is COCCCNC(=O)c1cc(C(=O)Nc2cccc(F)c2)ccn1. The van der Waals surface area contributed by atoms with Crippen molar-refractivity contribution in [3.63, 3.8) is 0 Å². The third-order valence-corrected chi connectivity index (χ3v) is 3.15. The number of benzene rings is 1. The second kappa shape index (κ2) is 8.73. The van der Waals surface area contributed by atoms with Crippen molar-refractivity contribution in [3.8, 4) is 0 Å². The number of aromatic nitrogens is 1. The molecule has 0 atom stereocenters. The van der Waals surface area contributed by atoms with Gasteiger partial charge in [-0.3, -0.25) is 14.6 Å². The summed E-state index contributed by atoms with van der Waals surface area (Å²) in [5.41, 5.74) is 0.734. The molecule has 1 aromatic carbocycles. The molecule has 0 fully saturated rings. The van der Waals surface area contributed by atoms with Gasteiger partial charge in [-0.05, 0) is 36.8 Å². The third-order valence-electron chi connectivity index (χ3n) is 3.15. The molecule has 0 bridgehead atoms. The van der Waals surface area contributed by atoms with Crippen molar-refractivity contribution in [1.29, 1.82) is 0 Å². The van der Waals surface area contributed by atoms with E-state index in [1.165, 1.54) is 36.5 Å². The zero-order valence-electron chi connectivity index (χ0n) is 13.2. The molecule has 2 rings (SSSR count). The van der Waals surface area contributed by atoms with Crippen LogP contribution in [0.2, 0.25) is 0 Å². The Kier molecular flexibility index (Phi) is 6.39. The fourth-order valence-electron chi connectivity index (χ4n) is 1.97. The van der Waals surface area contributed by atoms with E-state index in [9.17, 15) is 14.0 Å². The Bertz CT molecular complexity index is 722. The van der Waals surface area contributed by atoms with Gasteiger partial charge < -0.3 is 15.4 Å². The highest BCUT2D eigenvalue weighted by Crippen LogP contribution is 2.11. The summed E-state index contributed by atoms with van der Waals surface area (Å²) in [5.74, 6) is -1.26. The van der Waals surface area contributed by atoms with Gasteiger partial charge in [0, 0.05) is 37.7 Å². The van der Waals surface area contributed by atoms with Crippen molar-refractivity contribution in [2.45, 2.75) is 6.42 Å². The van der Waals surface area contributed by atoms with Gasteiger partial charge in [-0.15, -0.1) is 0 Å². The zero-order valence-corrected chi connectivity index (χ0v) is 13.2. The Balaban J connectivity index is 2.01. The molecule has 24 heavy (non-hydrogen) atoms. The topological polar surface area (TPSA) is 80.3 Å². The number of carbonyl (C=O) groups excluding carboxylic acids is 2. The largest absolute Gasteiger partial charge is 0.385 e. The molecule has 1 heterocycles. The van der Waals surface area contributed by atoms with Crippen LogP contribution in [0.1, 0.15) is 27.3 Å². The Labute approximate surface area is 139 Å². The molecule has 1 aromatic heterocycles. The number of nitrogens with one attached hydrogen (secondary N) is 2. The van der Waals surface area contributed by atoms with E-state index in [0.29, 0.717) is 25.3 Å². The number of ether oxygens (including phenoxy) is 1. The van der Waals surface area contributed by atoms with Crippen molar-refractivity contribution >= 4 is 17.5 Å². The van der Waals surface area contributed by atoms with Crippen LogP contribution in [0.15, 0.2) is 42.6 Å². The van der Waals surface area contributed by atoms with Crippen LogP contribution in [0.3, 0.4) is 0 Å². The van der Waals surface area contributed by atoms with Gasteiger partial charge in [-0.2, -0.15) is 0 Å². The molecule has 0 aliphatic heterocycles. The molecular formula is C17H18FN3O3. The summed E-state index contributed by atoms with van der Waals surface area (Å²) in [4.78, 5) is 28.1. The van der Waals surface area contributed by atoms with Crippen LogP contribution in [0.5, 0.6) is 0 Å². The fraction of sp³-hybridized carbons (Fsp3) is 0.235. The number of carbonyl (C=O) groups is 2. The molecule has 0 unspecified atom stereocenters. The van der Waals surface area contributed by atoms with E-state index in [0.717, 1.165) is 0 Å². The molecule has 0 saturated heterocycles. The molecule has 0 saturated carbocycles. The quantitative estimate of drug-likeness (QED) is 0.763. The second-order valence-electron chi connectivity index (χ2n) is 5.00. The highest BCUT2D eigenvalue weighted by molar-refractivity contribution is 6.05. The molecule has 2 amide bonds. The van der Waals surface area contributed by atoms with E-state index in [1.54, 1.807) is 13.2 Å². The minimum atomic E-state index is -0.448. The normalized spacial score (nSPS) is 10.2. The molecule has 0 spiro atoms. The molecule has 126 valence electrons. The first kappa shape index (κ1) is 17.6. The molecule has 0 radical (unpaired) electrons. The van der Waals surface area contributed by atoms with E-state index in [-0.39, 0.29) is 17.2 Å². The monoisotopic (exact) mass is 331 g/mol. The van der Waals surface area contributed by atoms with Crippen LogP contribution >= 0.6 is 0 Å². The first-order valence-corrected chi connectivity index (χ1v) is 7.40. The first-order chi connectivity index (χ1) is 11.6. The maximum absolute atomic E-state index is 13.1. The Morgan fingerprint density at radius 3 is 2.79 bits per heavy atom. The molecule has 6 nitrogen and oxygen atoms in total. The summed E-state index contributed by atoms with van der Waals surface area (Å²) in [6.07, 6.45) is 2.06. The lowest BCUT2D eigenvalue weighted by atomic mass is 10.2. The molecule has 2 aromatic rings. The van der Waals surface area contributed by atoms with Gasteiger partial charge in [0.05, 0.1) is 0 Å². The zero-order chi connectivity index (χ0) is 17.4. The van der Waals surface area contributed by atoms with Crippen molar-refractivity contribution in [1.82, 2.24) is 10.3 Å². The van der Waals surface area contributed by atoms with Crippen molar-refractivity contribution < 1.29 is 18.7 Å². The van der Waals surface area contributed by atoms with E-state index in [4.69, 9.17) is 4.74 Å². The van der Waals surface area contributed by atoms with Gasteiger partial charge in [-0.25, -0.2) is 4.39 Å². The lowest BCUT2D eigenvalue weighted by molar-refractivity contribution is 0.0943. The summed E-state index contributed by atoms with van der Waals surface area (Å²) in [6.45, 7) is 0.998. The average Bonchev–Trinajstić information content (AvgIpc) is 2.58. The number of anilines is 1. The van der Waals surface area contributed by atoms with E-state index < -0.39 is 11.7 Å². The van der Waals surface area contributed by atoms with Crippen LogP contribution < -0.4 is 10.6 Å². The number of nitrogens with zero attached hydrogens (tertiary/aromatic N) is 1. The van der Waals surface area contributed by atoms with E-state index in [1.807, 2.05) is 0 Å². The van der Waals surface area contributed by atoms with Gasteiger partial charge >= 0.3 is 0 Å². The lowest BCUT2D eigenvalue weighted by Gasteiger charge is -2.07. The Hall–Kier alpha value is -2.80. The number of pyridine rings is 1. The van der Waals surface area contributed by atoms with Gasteiger partial charge in [0.2, 0.25) is 0 Å². The first-order valence-electron chi connectivity index (χ1n) is 7.40. The van der Waals surface area contributed by atoms with E-state index >= 15 is 0 Å². The summed E-state index contributed by atoms with van der Waals surface area (Å²) >= 11 is 0. The van der Waals surface area contributed by atoms with Gasteiger partial charge in [0.1, 0.15) is 11.5 Å². The molecular weight excluding hydrogens is 313 g/mol. The van der Waals surface area contributed by atoms with E-state index in [2.05, 4.69) is 15.6 Å². The smallest absolute Gasteiger partial charge is 0.269 e. The summed E-state index contributed by atoms with van der Waals surface area (Å²) in [6, 6.07) is 8.44. The maximum Gasteiger partial charge on any atom is 0.269 e. The summed E-state index contributed by atoms with van der Waals surface area (Å²) in [5, 5.41) is 5.26. The lowest BCUT2D eigenvalue weighted by Crippen LogP contribution is -2.26. The molecule has 0 aliphatic carbocycles. The highest BCUT2D eigenvalue weighted by atomic mass is 19.1. The Morgan fingerprint density at radius 2 is 2.04 bits per heavy atom. The number of amides is 2. The van der Waals surface area contributed by atoms with Crippen LogP contribution in [-0.2, 0) is 4.74 Å². The number of hydrogen-bond acceptors (Lipinski definition) is 4. The van der Waals surface area contributed by atoms with Crippen LogP contribution in [0.4, 0.5) is 10.1 Å². The predicted octanol–water partition coefficient (Wildman–Crippen LogP) is 2.24. The van der Waals surface area contributed by atoms with Crippen molar-refractivity contribution in [3.05, 3.63) is 59.7 Å².